The summed E-state index contributed by atoms with van der Waals surface area (Å²) in [5, 5.41) is 0. The Bertz CT molecular complexity index is 476. The van der Waals surface area contributed by atoms with E-state index in [9.17, 15) is 0 Å². The van der Waals surface area contributed by atoms with Crippen LogP contribution in [-0.2, 0) is 5.41 Å². The zero-order chi connectivity index (χ0) is 12.4. The maximum absolute atomic E-state index is 6.69. The van der Waals surface area contributed by atoms with Crippen LogP contribution < -0.4 is 5.73 Å². The molecule has 5 rings (SSSR count). The second-order valence-electron chi connectivity index (χ2n) is 7.42. The van der Waals surface area contributed by atoms with Crippen molar-refractivity contribution in [3.8, 4) is 0 Å². The van der Waals surface area contributed by atoms with Gasteiger partial charge in [-0.1, -0.05) is 24.3 Å². The van der Waals surface area contributed by atoms with E-state index in [-0.39, 0.29) is 5.54 Å². The van der Waals surface area contributed by atoms with Gasteiger partial charge < -0.3 is 5.73 Å². The number of benzene rings is 1. The van der Waals surface area contributed by atoms with E-state index in [2.05, 4.69) is 31.2 Å². The van der Waals surface area contributed by atoms with Crippen molar-refractivity contribution in [1.29, 1.82) is 0 Å². The number of hydrogen-bond donors (Lipinski definition) is 1. The standard InChI is InChI=1S/C17H23N/c1-12-4-2-3-5-15(12)16-7-13-6-14(8-16)10-17(18,9-13)11-16/h2-5,13-14H,6-11,18H2,1H3. The Balaban J connectivity index is 1.82. The molecule has 2 N–H and O–H groups in total. The van der Waals surface area contributed by atoms with Gasteiger partial charge in [0.2, 0.25) is 0 Å². The van der Waals surface area contributed by atoms with Gasteiger partial charge in [0.25, 0.3) is 0 Å². The lowest BCUT2D eigenvalue weighted by atomic mass is 9.45. The fraction of sp³-hybridized carbons (Fsp3) is 0.647. The quantitative estimate of drug-likeness (QED) is 0.799. The second-order valence-corrected chi connectivity index (χ2v) is 7.42. The minimum absolute atomic E-state index is 0.159. The van der Waals surface area contributed by atoms with Gasteiger partial charge in [-0.3, -0.25) is 0 Å². The third-order valence-corrected chi connectivity index (χ3v) is 5.82. The third-order valence-electron chi connectivity index (χ3n) is 5.82. The largest absolute Gasteiger partial charge is 0.325 e. The lowest BCUT2D eigenvalue weighted by Gasteiger charge is -2.61. The smallest absolute Gasteiger partial charge is 0.0168 e. The molecule has 18 heavy (non-hydrogen) atoms. The minimum Gasteiger partial charge on any atom is -0.325 e. The predicted molar refractivity (Wildman–Crippen MR) is 74.5 cm³/mol. The van der Waals surface area contributed by atoms with Crippen molar-refractivity contribution in [1.82, 2.24) is 0 Å². The number of rotatable bonds is 1. The summed E-state index contributed by atoms with van der Waals surface area (Å²) in [4.78, 5) is 0. The summed E-state index contributed by atoms with van der Waals surface area (Å²) in [5.41, 5.74) is 10.4. The molecule has 4 bridgehead atoms. The minimum atomic E-state index is 0.159. The molecular weight excluding hydrogens is 218 g/mol. The first-order valence-electron chi connectivity index (χ1n) is 7.44. The summed E-state index contributed by atoms with van der Waals surface area (Å²) in [6.45, 7) is 2.27. The Hall–Kier alpha value is -0.820. The van der Waals surface area contributed by atoms with E-state index in [4.69, 9.17) is 5.73 Å². The summed E-state index contributed by atoms with van der Waals surface area (Å²) in [6, 6.07) is 9.02. The van der Waals surface area contributed by atoms with Crippen LogP contribution in [-0.4, -0.2) is 5.54 Å². The van der Waals surface area contributed by atoms with Gasteiger partial charge in [0.1, 0.15) is 0 Å². The van der Waals surface area contributed by atoms with Crippen molar-refractivity contribution in [2.24, 2.45) is 17.6 Å². The summed E-state index contributed by atoms with van der Waals surface area (Å²) >= 11 is 0. The van der Waals surface area contributed by atoms with Crippen molar-refractivity contribution in [2.45, 2.75) is 56.4 Å². The molecule has 2 atom stereocenters. The Kier molecular flexibility index (Phi) is 2.08. The first-order chi connectivity index (χ1) is 8.59. The van der Waals surface area contributed by atoms with Gasteiger partial charge in [0, 0.05) is 5.54 Å². The second kappa shape index (κ2) is 3.39. The molecule has 0 spiro atoms. The maximum atomic E-state index is 6.69. The van der Waals surface area contributed by atoms with E-state index in [1.165, 1.54) is 44.1 Å². The Morgan fingerprint density at radius 1 is 1.06 bits per heavy atom. The molecule has 96 valence electrons. The van der Waals surface area contributed by atoms with Gasteiger partial charge in [-0.2, -0.15) is 0 Å². The average Bonchev–Trinajstić information content (AvgIpc) is 2.25. The van der Waals surface area contributed by atoms with Crippen LogP contribution in [0.1, 0.15) is 49.7 Å². The molecule has 0 saturated heterocycles. The first kappa shape index (κ1) is 11.0. The molecule has 1 aromatic rings. The SMILES string of the molecule is Cc1ccccc1C12CC3CC(CC(N)(C3)C1)C2. The van der Waals surface area contributed by atoms with Crippen molar-refractivity contribution in [3.63, 3.8) is 0 Å². The van der Waals surface area contributed by atoms with Crippen LogP contribution >= 0.6 is 0 Å². The predicted octanol–water partition coefficient (Wildman–Crippen LogP) is 3.54. The van der Waals surface area contributed by atoms with Gasteiger partial charge in [-0.05, 0) is 73.8 Å². The molecule has 1 heteroatoms. The normalized spacial score (nSPS) is 45.4. The lowest BCUT2D eigenvalue weighted by Crippen LogP contribution is -2.61. The molecule has 1 aromatic carbocycles. The highest BCUT2D eigenvalue weighted by Crippen LogP contribution is 2.61. The third kappa shape index (κ3) is 1.43. The summed E-state index contributed by atoms with van der Waals surface area (Å²) < 4.78 is 0. The molecule has 4 saturated carbocycles. The summed E-state index contributed by atoms with van der Waals surface area (Å²) in [6.07, 6.45) is 8.05. The van der Waals surface area contributed by atoms with Crippen molar-refractivity contribution in [2.75, 3.05) is 0 Å². The molecule has 4 aliphatic rings. The molecule has 0 aliphatic heterocycles. The number of aryl methyl sites for hydroxylation is 1. The fourth-order valence-electron chi connectivity index (χ4n) is 5.82. The van der Waals surface area contributed by atoms with E-state index in [0.717, 1.165) is 11.8 Å². The van der Waals surface area contributed by atoms with Crippen LogP contribution in [0.15, 0.2) is 24.3 Å². The van der Waals surface area contributed by atoms with Crippen molar-refractivity contribution >= 4 is 0 Å². The Morgan fingerprint density at radius 3 is 2.33 bits per heavy atom. The Labute approximate surface area is 110 Å². The van der Waals surface area contributed by atoms with Crippen molar-refractivity contribution in [3.05, 3.63) is 35.4 Å². The Morgan fingerprint density at radius 2 is 1.72 bits per heavy atom. The maximum Gasteiger partial charge on any atom is 0.0168 e. The first-order valence-corrected chi connectivity index (χ1v) is 7.44. The van der Waals surface area contributed by atoms with Crippen LogP contribution in [0, 0.1) is 18.8 Å². The van der Waals surface area contributed by atoms with Gasteiger partial charge >= 0.3 is 0 Å². The number of nitrogens with two attached hydrogens (primary N) is 1. The van der Waals surface area contributed by atoms with Crippen LogP contribution in [0.4, 0.5) is 0 Å². The molecule has 4 fully saturated rings. The summed E-state index contributed by atoms with van der Waals surface area (Å²) in [5.74, 6) is 1.80. The highest BCUT2D eigenvalue weighted by atomic mass is 14.8. The monoisotopic (exact) mass is 241 g/mol. The topological polar surface area (TPSA) is 26.0 Å². The van der Waals surface area contributed by atoms with Crippen molar-refractivity contribution < 1.29 is 0 Å². The van der Waals surface area contributed by atoms with E-state index >= 15 is 0 Å². The average molecular weight is 241 g/mol. The van der Waals surface area contributed by atoms with E-state index < -0.39 is 0 Å². The van der Waals surface area contributed by atoms with Crippen LogP contribution in [0.5, 0.6) is 0 Å². The zero-order valence-corrected chi connectivity index (χ0v) is 11.3. The highest BCUT2D eigenvalue weighted by Gasteiger charge is 2.56. The highest BCUT2D eigenvalue weighted by molar-refractivity contribution is 5.37. The molecule has 4 aliphatic carbocycles. The molecule has 1 nitrogen and oxygen atoms in total. The van der Waals surface area contributed by atoms with Crippen LogP contribution in [0.25, 0.3) is 0 Å². The molecule has 0 aromatic heterocycles. The fourth-order valence-corrected chi connectivity index (χ4v) is 5.82. The number of hydrogen-bond acceptors (Lipinski definition) is 1. The van der Waals surface area contributed by atoms with Gasteiger partial charge in [-0.25, -0.2) is 0 Å². The summed E-state index contributed by atoms with van der Waals surface area (Å²) in [7, 11) is 0. The lowest BCUT2D eigenvalue weighted by molar-refractivity contribution is -0.0229. The molecule has 0 amide bonds. The van der Waals surface area contributed by atoms with Crippen LogP contribution in [0.2, 0.25) is 0 Å². The van der Waals surface area contributed by atoms with Crippen LogP contribution in [0.3, 0.4) is 0 Å². The van der Waals surface area contributed by atoms with E-state index in [1.807, 2.05) is 0 Å². The van der Waals surface area contributed by atoms with Gasteiger partial charge in [0.05, 0.1) is 0 Å². The van der Waals surface area contributed by atoms with E-state index in [1.54, 1.807) is 5.56 Å². The zero-order valence-electron chi connectivity index (χ0n) is 11.3. The molecule has 0 radical (unpaired) electrons. The van der Waals surface area contributed by atoms with E-state index in [0.29, 0.717) is 5.41 Å². The molecular formula is C17H23N. The molecule has 0 heterocycles. The van der Waals surface area contributed by atoms with Gasteiger partial charge in [0.15, 0.2) is 0 Å². The molecule has 2 unspecified atom stereocenters. The van der Waals surface area contributed by atoms with Gasteiger partial charge in [-0.15, -0.1) is 0 Å².